The lowest BCUT2D eigenvalue weighted by molar-refractivity contribution is -0.0764. The molecule has 1 aliphatic rings. The van der Waals surface area contributed by atoms with Gasteiger partial charge < -0.3 is 14.1 Å². The number of hydrogen-bond acceptors (Lipinski definition) is 4. The number of carbonyl (C=O) groups is 1. The summed E-state index contributed by atoms with van der Waals surface area (Å²) in [5.41, 5.74) is 2.57. The zero-order valence-corrected chi connectivity index (χ0v) is 15.4. The van der Waals surface area contributed by atoms with Crippen LogP contribution in [-0.4, -0.2) is 36.1 Å². The molecule has 138 valence electrons. The van der Waals surface area contributed by atoms with Crippen molar-refractivity contribution in [3.8, 4) is 11.1 Å². The van der Waals surface area contributed by atoms with E-state index in [0.29, 0.717) is 36.2 Å². The Morgan fingerprint density at radius 2 is 1.89 bits per heavy atom. The Morgan fingerprint density at radius 3 is 2.70 bits per heavy atom. The van der Waals surface area contributed by atoms with Gasteiger partial charge in [0.25, 0.3) is 5.91 Å². The third-order valence-electron chi connectivity index (χ3n) is 4.82. The maximum atomic E-state index is 12.9. The Hall–Kier alpha value is -2.92. The van der Waals surface area contributed by atoms with Crippen molar-refractivity contribution in [3.05, 3.63) is 70.6 Å². The number of rotatable bonds is 2. The van der Waals surface area contributed by atoms with Crippen molar-refractivity contribution in [2.45, 2.75) is 19.4 Å². The molecule has 5 heteroatoms. The fourth-order valence-electron chi connectivity index (χ4n) is 3.47. The minimum atomic E-state index is -0.332. The van der Waals surface area contributed by atoms with Gasteiger partial charge in [0, 0.05) is 24.7 Å². The molecule has 27 heavy (non-hydrogen) atoms. The third-order valence-corrected chi connectivity index (χ3v) is 4.82. The SMILES string of the molecule is CC1(C)CN(C(=O)c2cccc(-c3ccc4c(=O)ccoc4c3)c2)CCO1. The van der Waals surface area contributed by atoms with Crippen molar-refractivity contribution < 1.29 is 13.9 Å². The standard InChI is InChI=1S/C22H21NO4/c1-22(2)14-23(9-11-27-22)21(25)17-5-3-4-15(12-17)16-6-7-18-19(24)8-10-26-20(18)13-16/h3-8,10,12-13H,9,11,14H2,1-2H3. The lowest BCUT2D eigenvalue weighted by Crippen LogP contribution is -2.50. The van der Waals surface area contributed by atoms with Gasteiger partial charge in [0.1, 0.15) is 5.58 Å². The highest BCUT2D eigenvalue weighted by molar-refractivity contribution is 5.96. The monoisotopic (exact) mass is 363 g/mol. The highest BCUT2D eigenvalue weighted by Gasteiger charge is 2.30. The minimum absolute atomic E-state index is 0.000506. The minimum Gasteiger partial charge on any atom is -0.464 e. The molecule has 0 bridgehead atoms. The van der Waals surface area contributed by atoms with Crippen LogP contribution in [0.5, 0.6) is 0 Å². The fourth-order valence-corrected chi connectivity index (χ4v) is 3.47. The van der Waals surface area contributed by atoms with Crippen LogP contribution in [0, 0.1) is 0 Å². The molecule has 1 aliphatic heterocycles. The molecule has 0 N–H and O–H groups in total. The van der Waals surface area contributed by atoms with Crippen LogP contribution < -0.4 is 5.43 Å². The van der Waals surface area contributed by atoms with E-state index in [-0.39, 0.29) is 16.9 Å². The van der Waals surface area contributed by atoms with Crippen LogP contribution >= 0.6 is 0 Å². The summed E-state index contributed by atoms with van der Waals surface area (Å²) in [6.07, 6.45) is 1.40. The lowest BCUT2D eigenvalue weighted by atomic mass is 10.0. The molecule has 0 unspecified atom stereocenters. The smallest absolute Gasteiger partial charge is 0.254 e. The Kier molecular flexibility index (Phi) is 4.32. The van der Waals surface area contributed by atoms with Crippen LogP contribution in [0.2, 0.25) is 0 Å². The van der Waals surface area contributed by atoms with E-state index in [1.807, 2.05) is 55.1 Å². The highest BCUT2D eigenvalue weighted by Crippen LogP contribution is 2.25. The molecule has 3 aromatic rings. The number of amides is 1. The van der Waals surface area contributed by atoms with Gasteiger partial charge in [-0.05, 0) is 49.2 Å². The Bertz CT molecular complexity index is 1070. The van der Waals surface area contributed by atoms with E-state index < -0.39 is 0 Å². The molecule has 1 fully saturated rings. The van der Waals surface area contributed by atoms with E-state index >= 15 is 0 Å². The van der Waals surface area contributed by atoms with Gasteiger partial charge in [-0.1, -0.05) is 18.2 Å². The molecular weight excluding hydrogens is 342 g/mol. The molecule has 0 atom stereocenters. The first kappa shape index (κ1) is 17.5. The summed E-state index contributed by atoms with van der Waals surface area (Å²) < 4.78 is 11.2. The van der Waals surface area contributed by atoms with Gasteiger partial charge in [-0.25, -0.2) is 0 Å². The molecule has 0 aliphatic carbocycles. The summed E-state index contributed by atoms with van der Waals surface area (Å²) >= 11 is 0. The average molecular weight is 363 g/mol. The Morgan fingerprint density at radius 1 is 1.07 bits per heavy atom. The first-order valence-electron chi connectivity index (χ1n) is 8.98. The maximum Gasteiger partial charge on any atom is 0.254 e. The number of ether oxygens (including phenoxy) is 1. The van der Waals surface area contributed by atoms with Crippen LogP contribution in [0.15, 0.2) is 64.0 Å². The van der Waals surface area contributed by atoms with Gasteiger partial charge in [0.15, 0.2) is 5.43 Å². The zero-order chi connectivity index (χ0) is 19.0. The quantitative estimate of drug-likeness (QED) is 0.696. The third kappa shape index (κ3) is 3.51. The predicted octanol–water partition coefficient (Wildman–Crippen LogP) is 3.71. The van der Waals surface area contributed by atoms with Crippen molar-refractivity contribution in [1.82, 2.24) is 4.90 Å². The van der Waals surface area contributed by atoms with Gasteiger partial charge in [-0.3, -0.25) is 9.59 Å². The largest absolute Gasteiger partial charge is 0.464 e. The van der Waals surface area contributed by atoms with Gasteiger partial charge in [0.05, 0.1) is 23.9 Å². The zero-order valence-electron chi connectivity index (χ0n) is 15.4. The molecule has 0 saturated carbocycles. The first-order chi connectivity index (χ1) is 12.9. The van der Waals surface area contributed by atoms with Crippen molar-refractivity contribution in [3.63, 3.8) is 0 Å². The summed E-state index contributed by atoms with van der Waals surface area (Å²) in [6.45, 7) is 5.68. The molecule has 2 heterocycles. The number of hydrogen-bond donors (Lipinski definition) is 0. The van der Waals surface area contributed by atoms with Gasteiger partial charge in [0.2, 0.25) is 0 Å². The van der Waals surface area contributed by atoms with Crippen LogP contribution in [-0.2, 0) is 4.74 Å². The van der Waals surface area contributed by atoms with Crippen molar-refractivity contribution in [1.29, 1.82) is 0 Å². The molecule has 1 aromatic heterocycles. The summed E-state index contributed by atoms with van der Waals surface area (Å²) in [5.74, 6) is 0.000506. The van der Waals surface area contributed by atoms with E-state index in [4.69, 9.17) is 9.15 Å². The van der Waals surface area contributed by atoms with E-state index in [1.165, 1.54) is 12.3 Å². The number of carbonyl (C=O) groups excluding carboxylic acids is 1. The summed E-state index contributed by atoms with van der Waals surface area (Å²) in [4.78, 5) is 26.7. The highest BCUT2D eigenvalue weighted by atomic mass is 16.5. The van der Waals surface area contributed by atoms with E-state index in [2.05, 4.69) is 0 Å². The molecule has 4 rings (SSSR count). The maximum absolute atomic E-state index is 12.9. The van der Waals surface area contributed by atoms with Crippen molar-refractivity contribution in [2.75, 3.05) is 19.7 Å². The molecular formula is C22H21NO4. The summed E-state index contributed by atoms with van der Waals surface area (Å²) in [6, 6.07) is 14.4. The molecule has 0 spiro atoms. The number of benzene rings is 2. The van der Waals surface area contributed by atoms with E-state index in [1.54, 1.807) is 6.07 Å². The molecule has 2 aromatic carbocycles. The normalized spacial score (nSPS) is 16.4. The summed E-state index contributed by atoms with van der Waals surface area (Å²) in [5, 5.41) is 0.545. The second-order valence-electron chi connectivity index (χ2n) is 7.41. The van der Waals surface area contributed by atoms with E-state index in [9.17, 15) is 9.59 Å². The Labute approximate surface area is 157 Å². The van der Waals surface area contributed by atoms with E-state index in [0.717, 1.165) is 11.1 Å². The van der Waals surface area contributed by atoms with Crippen LogP contribution in [0.25, 0.3) is 22.1 Å². The van der Waals surface area contributed by atoms with Gasteiger partial charge in [-0.2, -0.15) is 0 Å². The summed E-state index contributed by atoms with van der Waals surface area (Å²) in [7, 11) is 0. The Balaban J connectivity index is 1.66. The number of nitrogens with zero attached hydrogens (tertiary/aromatic N) is 1. The number of morpholine rings is 1. The first-order valence-corrected chi connectivity index (χ1v) is 8.98. The van der Waals surface area contributed by atoms with Gasteiger partial charge >= 0.3 is 0 Å². The lowest BCUT2D eigenvalue weighted by Gasteiger charge is -2.38. The molecule has 1 amide bonds. The predicted molar refractivity (Wildman–Crippen MR) is 104 cm³/mol. The van der Waals surface area contributed by atoms with Crippen molar-refractivity contribution >= 4 is 16.9 Å². The van der Waals surface area contributed by atoms with Crippen molar-refractivity contribution in [2.24, 2.45) is 0 Å². The molecule has 5 nitrogen and oxygen atoms in total. The topological polar surface area (TPSA) is 59.8 Å². The second-order valence-corrected chi connectivity index (χ2v) is 7.41. The average Bonchev–Trinajstić information content (AvgIpc) is 2.66. The van der Waals surface area contributed by atoms with Crippen LogP contribution in [0.4, 0.5) is 0 Å². The molecule has 1 saturated heterocycles. The fraction of sp³-hybridized carbons (Fsp3) is 0.273. The van der Waals surface area contributed by atoms with Crippen LogP contribution in [0.3, 0.4) is 0 Å². The number of fused-ring (bicyclic) bond motifs is 1. The molecule has 0 radical (unpaired) electrons. The second kappa shape index (κ2) is 6.67. The van der Waals surface area contributed by atoms with Crippen LogP contribution in [0.1, 0.15) is 24.2 Å². The van der Waals surface area contributed by atoms with Gasteiger partial charge in [-0.15, -0.1) is 0 Å².